The van der Waals surface area contributed by atoms with Gasteiger partial charge in [0.25, 0.3) is 5.91 Å². The van der Waals surface area contributed by atoms with Crippen LogP contribution in [0.1, 0.15) is 41.4 Å². The summed E-state index contributed by atoms with van der Waals surface area (Å²) in [6.45, 7) is 4.35. The molecule has 1 saturated heterocycles. The van der Waals surface area contributed by atoms with Crippen molar-refractivity contribution in [2.24, 2.45) is 0 Å². The molecule has 0 spiro atoms. The summed E-state index contributed by atoms with van der Waals surface area (Å²) in [4.78, 5) is 16.6. The number of amides is 1. The van der Waals surface area contributed by atoms with Gasteiger partial charge in [0.2, 0.25) is 0 Å². The molecule has 3 heterocycles. The highest BCUT2D eigenvalue weighted by atomic mass is 35.5. The van der Waals surface area contributed by atoms with Crippen LogP contribution in [-0.4, -0.2) is 38.9 Å². The fraction of sp³-hybridized carbons (Fsp3) is 0.500. The monoisotopic (exact) mass is 323 g/mol. The van der Waals surface area contributed by atoms with E-state index in [-0.39, 0.29) is 11.8 Å². The van der Waals surface area contributed by atoms with Crippen molar-refractivity contribution in [2.45, 2.75) is 32.4 Å². The Morgan fingerprint density at radius 3 is 3.23 bits per heavy atom. The first kappa shape index (κ1) is 15.1. The Morgan fingerprint density at radius 2 is 2.50 bits per heavy atom. The predicted molar refractivity (Wildman–Crippen MR) is 80.8 cm³/mol. The first-order valence-electron chi connectivity index (χ1n) is 7.30. The number of carbonyl (C=O) groups excluding carboxylic acids is 1. The van der Waals surface area contributed by atoms with E-state index in [9.17, 15) is 4.79 Å². The van der Waals surface area contributed by atoms with Gasteiger partial charge in [-0.25, -0.2) is 4.98 Å². The van der Waals surface area contributed by atoms with E-state index in [4.69, 9.17) is 16.3 Å². The topological polar surface area (TPSA) is 84.8 Å². The summed E-state index contributed by atoms with van der Waals surface area (Å²) in [7, 11) is 0. The molecular formula is C14H18ClN5O2. The number of aromatic amines is 1. The Morgan fingerprint density at radius 1 is 1.64 bits per heavy atom. The molecule has 0 radical (unpaired) electrons. The van der Waals surface area contributed by atoms with Crippen molar-refractivity contribution >= 4 is 17.5 Å². The van der Waals surface area contributed by atoms with Gasteiger partial charge in [-0.3, -0.25) is 9.89 Å². The number of hydrogen-bond donors (Lipinski definition) is 2. The molecule has 1 unspecified atom stereocenters. The van der Waals surface area contributed by atoms with E-state index in [0.29, 0.717) is 36.2 Å². The molecule has 1 amide bonds. The van der Waals surface area contributed by atoms with Crippen molar-refractivity contribution in [2.75, 3.05) is 13.2 Å². The van der Waals surface area contributed by atoms with E-state index in [1.54, 1.807) is 16.8 Å². The molecule has 0 bridgehead atoms. The molecule has 1 aliphatic heterocycles. The van der Waals surface area contributed by atoms with Crippen LogP contribution in [0, 0.1) is 0 Å². The molecule has 8 heteroatoms. The second kappa shape index (κ2) is 6.50. The van der Waals surface area contributed by atoms with Gasteiger partial charge in [0.1, 0.15) is 11.5 Å². The highest BCUT2D eigenvalue weighted by Crippen LogP contribution is 2.21. The number of nitrogens with one attached hydrogen (secondary N) is 2. The molecule has 3 rings (SSSR count). The normalized spacial score (nSPS) is 17.8. The minimum atomic E-state index is -0.184. The summed E-state index contributed by atoms with van der Waals surface area (Å²) in [5.74, 6) is 1.45. The Balaban J connectivity index is 1.61. The standard InChI is InChI=1S/C14H18ClN5O2/c1-2-20-7-10(15)5-11(20)14(21)16-6-12-17-13(19-18-12)9-3-4-22-8-9/h5,7,9H,2-4,6,8H2,1H3,(H,16,21)(H,17,18,19). The molecule has 1 fully saturated rings. The maximum Gasteiger partial charge on any atom is 0.268 e. The molecule has 1 atom stereocenters. The van der Waals surface area contributed by atoms with Crippen molar-refractivity contribution in [3.63, 3.8) is 0 Å². The van der Waals surface area contributed by atoms with E-state index >= 15 is 0 Å². The fourth-order valence-electron chi connectivity index (χ4n) is 2.49. The maximum absolute atomic E-state index is 12.2. The number of ether oxygens (including phenoxy) is 1. The van der Waals surface area contributed by atoms with E-state index in [1.165, 1.54) is 0 Å². The molecule has 118 valence electrons. The molecule has 0 saturated carbocycles. The number of carbonyl (C=O) groups is 1. The van der Waals surface area contributed by atoms with Gasteiger partial charge in [-0.05, 0) is 19.4 Å². The summed E-state index contributed by atoms with van der Waals surface area (Å²) in [6.07, 6.45) is 2.68. The number of nitrogens with zero attached hydrogens (tertiary/aromatic N) is 3. The van der Waals surface area contributed by atoms with Crippen LogP contribution in [0.3, 0.4) is 0 Å². The first-order valence-corrected chi connectivity index (χ1v) is 7.68. The van der Waals surface area contributed by atoms with E-state index in [2.05, 4.69) is 20.5 Å². The Labute approximate surface area is 133 Å². The van der Waals surface area contributed by atoms with Gasteiger partial charge in [0.15, 0.2) is 5.82 Å². The van der Waals surface area contributed by atoms with Crippen molar-refractivity contribution in [3.05, 3.63) is 34.6 Å². The van der Waals surface area contributed by atoms with Crippen LogP contribution >= 0.6 is 11.6 Å². The maximum atomic E-state index is 12.2. The van der Waals surface area contributed by atoms with Gasteiger partial charge in [0.05, 0.1) is 18.2 Å². The molecule has 2 N–H and O–H groups in total. The lowest BCUT2D eigenvalue weighted by molar-refractivity contribution is 0.0940. The van der Waals surface area contributed by atoms with Gasteiger partial charge in [-0.15, -0.1) is 0 Å². The Kier molecular flexibility index (Phi) is 4.44. The zero-order chi connectivity index (χ0) is 15.5. The lowest BCUT2D eigenvalue weighted by Crippen LogP contribution is -2.25. The number of rotatable bonds is 5. The Bertz CT molecular complexity index is 660. The summed E-state index contributed by atoms with van der Waals surface area (Å²) >= 11 is 5.94. The third kappa shape index (κ3) is 3.15. The third-order valence-electron chi connectivity index (χ3n) is 3.70. The molecule has 0 aromatic carbocycles. The van der Waals surface area contributed by atoms with Crippen molar-refractivity contribution in [3.8, 4) is 0 Å². The highest BCUT2D eigenvalue weighted by Gasteiger charge is 2.22. The molecule has 2 aromatic rings. The van der Waals surface area contributed by atoms with E-state index in [1.807, 2.05) is 6.92 Å². The summed E-state index contributed by atoms with van der Waals surface area (Å²) in [5, 5.41) is 10.4. The predicted octanol–water partition coefficient (Wildman–Crippen LogP) is 1.71. The van der Waals surface area contributed by atoms with E-state index < -0.39 is 0 Å². The number of halogens is 1. The minimum absolute atomic E-state index is 0.184. The second-order valence-corrected chi connectivity index (χ2v) is 5.65. The summed E-state index contributed by atoms with van der Waals surface area (Å²) < 4.78 is 7.13. The van der Waals surface area contributed by atoms with Gasteiger partial charge in [0, 0.05) is 25.3 Å². The molecule has 0 aliphatic carbocycles. The van der Waals surface area contributed by atoms with Gasteiger partial charge < -0.3 is 14.6 Å². The van der Waals surface area contributed by atoms with Crippen LogP contribution in [-0.2, 0) is 17.8 Å². The number of H-pyrrole nitrogens is 1. The zero-order valence-electron chi connectivity index (χ0n) is 12.3. The van der Waals surface area contributed by atoms with Crippen LogP contribution in [0.15, 0.2) is 12.3 Å². The lowest BCUT2D eigenvalue weighted by Gasteiger charge is -2.06. The largest absolute Gasteiger partial charge is 0.381 e. The molecule has 22 heavy (non-hydrogen) atoms. The average molecular weight is 324 g/mol. The molecule has 1 aliphatic rings. The zero-order valence-corrected chi connectivity index (χ0v) is 13.1. The molecule has 7 nitrogen and oxygen atoms in total. The van der Waals surface area contributed by atoms with Gasteiger partial charge in [-0.2, -0.15) is 5.10 Å². The van der Waals surface area contributed by atoms with Gasteiger partial charge >= 0.3 is 0 Å². The minimum Gasteiger partial charge on any atom is -0.381 e. The second-order valence-electron chi connectivity index (χ2n) is 5.21. The van der Waals surface area contributed by atoms with Gasteiger partial charge in [-0.1, -0.05) is 11.6 Å². The SMILES string of the molecule is CCn1cc(Cl)cc1C(=O)NCc1nc(C2CCOC2)n[nH]1. The smallest absolute Gasteiger partial charge is 0.268 e. The number of hydrogen-bond acceptors (Lipinski definition) is 4. The first-order chi connectivity index (χ1) is 10.7. The van der Waals surface area contributed by atoms with Crippen LogP contribution < -0.4 is 5.32 Å². The highest BCUT2D eigenvalue weighted by molar-refractivity contribution is 6.31. The van der Waals surface area contributed by atoms with E-state index in [0.717, 1.165) is 18.9 Å². The molecule has 2 aromatic heterocycles. The lowest BCUT2D eigenvalue weighted by atomic mass is 10.1. The Hall–Kier alpha value is -1.86. The quantitative estimate of drug-likeness (QED) is 0.877. The summed E-state index contributed by atoms with van der Waals surface area (Å²) in [5.41, 5.74) is 0.538. The van der Waals surface area contributed by atoms with Crippen LogP contribution in [0.4, 0.5) is 0 Å². The van der Waals surface area contributed by atoms with Crippen molar-refractivity contribution in [1.82, 2.24) is 25.1 Å². The van der Waals surface area contributed by atoms with Crippen molar-refractivity contribution in [1.29, 1.82) is 0 Å². The number of aromatic nitrogens is 4. The fourth-order valence-corrected chi connectivity index (χ4v) is 2.71. The third-order valence-corrected chi connectivity index (χ3v) is 3.90. The summed E-state index contributed by atoms with van der Waals surface area (Å²) in [6, 6.07) is 1.65. The average Bonchev–Trinajstić information content (AvgIpc) is 3.24. The number of aryl methyl sites for hydroxylation is 1. The van der Waals surface area contributed by atoms with Crippen LogP contribution in [0.5, 0.6) is 0 Å². The van der Waals surface area contributed by atoms with Crippen LogP contribution in [0.25, 0.3) is 0 Å². The van der Waals surface area contributed by atoms with Crippen molar-refractivity contribution < 1.29 is 9.53 Å². The molecular weight excluding hydrogens is 306 g/mol. The van der Waals surface area contributed by atoms with Crippen LogP contribution in [0.2, 0.25) is 5.02 Å².